The molecule has 162 valence electrons. The molecule has 0 saturated heterocycles. The average Bonchev–Trinajstić information content (AvgIpc) is 3.37. The van der Waals surface area contributed by atoms with Crippen molar-refractivity contribution in [3.63, 3.8) is 0 Å². The van der Waals surface area contributed by atoms with E-state index in [1.807, 2.05) is 50.4 Å². The lowest BCUT2D eigenvalue weighted by atomic mass is 10.0. The molecule has 0 spiro atoms. The van der Waals surface area contributed by atoms with E-state index < -0.39 is 0 Å². The second kappa shape index (κ2) is 8.31. The topological polar surface area (TPSA) is 63.9 Å². The summed E-state index contributed by atoms with van der Waals surface area (Å²) in [5.41, 5.74) is 4.93. The molecule has 3 heterocycles. The molecule has 0 unspecified atom stereocenters. The smallest absolute Gasteiger partial charge is 0.261 e. The average molecular weight is 444 g/mol. The molecule has 32 heavy (non-hydrogen) atoms. The van der Waals surface area contributed by atoms with Crippen molar-refractivity contribution in [3.8, 4) is 11.3 Å². The first-order valence-electron chi connectivity index (χ1n) is 10.9. The van der Waals surface area contributed by atoms with E-state index in [-0.39, 0.29) is 5.91 Å². The number of aryl methyl sites for hydroxylation is 4. The molecule has 0 fully saturated rings. The van der Waals surface area contributed by atoms with E-state index in [2.05, 4.69) is 11.7 Å². The third-order valence-corrected chi connectivity index (χ3v) is 7.07. The van der Waals surface area contributed by atoms with E-state index >= 15 is 0 Å². The van der Waals surface area contributed by atoms with Gasteiger partial charge in [-0.2, -0.15) is 5.10 Å². The molecule has 0 aliphatic heterocycles. The van der Waals surface area contributed by atoms with Crippen LogP contribution in [0.1, 0.15) is 39.5 Å². The van der Waals surface area contributed by atoms with Crippen LogP contribution in [0.2, 0.25) is 0 Å². The maximum absolute atomic E-state index is 14.0. The summed E-state index contributed by atoms with van der Waals surface area (Å²) in [5, 5.41) is 6.08. The zero-order chi connectivity index (χ0) is 22.2. The third kappa shape index (κ3) is 3.52. The highest BCUT2D eigenvalue weighted by atomic mass is 32.1. The predicted octanol–water partition coefficient (Wildman–Crippen LogP) is 5.11. The van der Waals surface area contributed by atoms with Crippen LogP contribution in [0, 0.1) is 6.92 Å². The first-order chi connectivity index (χ1) is 15.6. The first kappa shape index (κ1) is 20.6. The molecule has 3 aromatic heterocycles. The van der Waals surface area contributed by atoms with Gasteiger partial charge >= 0.3 is 0 Å². The number of amides is 1. The van der Waals surface area contributed by atoms with Crippen molar-refractivity contribution in [2.24, 2.45) is 7.05 Å². The van der Waals surface area contributed by atoms with Gasteiger partial charge in [-0.15, -0.1) is 17.9 Å². The molecular formula is C25H25N5OS. The highest BCUT2D eigenvalue weighted by Gasteiger charge is 2.27. The molecule has 4 aromatic rings. The lowest BCUT2D eigenvalue weighted by molar-refractivity contribution is 0.0991. The molecule has 5 rings (SSSR count). The van der Waals surface area contributed by atoms with Gasteiger partial charge in [0, 0.05) is 24.0 Å². The normalized spacial score (nSPS) is 13.2. The summed E-state index contributed by atoms with van der Waals surface area (Å²) in [4.78, 5) is 26.7. The van der Waals surface area contributed by atoms with Gasteiger partial charge in [0.15, 0.2) is 10.8 Å². The Morgan fingerprint density at radius 3 is 2.75 bits per heavy atom. The zero-order valence-electron chi connectivity index (χ0n) is 18.3. The zero-order valence-corrected chi connectivity index (χ0v) is 19.2. The summed E-state index contributed by atoms with van der Waals surface area (Å²) in [6, 6.07) is 11.8. The number of carbonyl (C=O) groups is 1. The van der Waals surface area contributed by atoms with Crippen LogP contribution >= 0.6 is 11.3 Å². The van der Waals surface area contributed by atoms with Crippen molar-refractivity contribution in [3.05, 3.63) is 70.9 Å². The van der Waals surface area contributed by atoms with Crippen molar-refractivity contribution < 1.29 is 4.79 Å². The first-order valence-corrected chi connectivity index (χ1v) is 11.7. The van der Waals surface area contributed by atoms with Gasteiger partial charge in [-0.1, -0.05) is 36.4 Å². The number of pyridine rings is 1. The molecule has 0 atom stereocenters. The van der Waals surface area contributed by atoms with Gasteiger partial charge in [-0.25, -0.2) is 9.97 Å². The SMILES string of the molecule is C=CCN(C(=O)c1cc(-c2ccccc2)nc2c1c(C)nn2C)c1nc2c(s1)CCCC2. The Morgan fingerprint density at radius 1 is 1.22 bits per heavy atom. The van der Waals surface area contributed by atoms with Crippen LogP contribution < -0.4 is 4.90 Å². The molecule has 7 heteroatoms. The van der Waals surface area contributed by atoms with Crippen LogP contribution in [0.4, 0.5) is 5.13 Å². The fraction of sp³-hybridized carbons (Fsp3) is 0.280. The van der Waals surface area contributed by atoms with E-state index in [1.165, 1.54) is 11.3 Å². The lowest BCUT2D eigenvalue weighted by Crippen LogP contribution is -2.31. The molecular weight excluding hydrogens is 418 g/mol. The van der Waals surface area contributed by atoms with E-state index in [0.717, 1.165) is 52.4 Å². The fourth-order valence-electron chi connectivity index (χ4n) is 4.35. The molecule has 0 bridgehead atoms. The Kier molecular flexibility index (Phi) is 5.35. The monoisotopic (exact) mass is 443 g/mol. The van der Waals surface area contributed by atoms with E-state index in [9.17, 15) is 4.79 Å². The number of fused-ring (bicyclic) bond motifs is 2. The Balaban J connectivity index is 1.66. The van der Waals surface area contributed by atoms with Crippen LogP contribution in [0.3, 0.4) is 0 Å². The summed E-state index contributed by atoms with van der Waals surface area (Å²) in [5.74, 6) is -0.100. The van der Waals surface area contributed by atoms with E-state index in [1.54, 1.807) is 27.0 Å². The minimum Gasteiger partial charge on any atom is -0.280 e. The molecule has 0 saturated carbocycles. The summed E-state index contributed by atoms with van der Waals surface area (Å²) < 4.78 is 1.74. The van der Waals surface area contributed by atoms with Crippen molar-refractivity contribution >= 4 is 33.4 Å². The summed E-state index contributed by atoms with van der Waals surface area (Å²) >= 11 is 1.63. The number of hydrogen-bond acceptors (Lipinski definition) is 5. The number of hydrogen-bond donors (Lipinski definition) is 0. The number of benzene rings is 1. The van der Waals surface area contributed by atoms with Crippen molar-refractivity contribution in [1.82, 2.24) is 19.7 Å². The van der Waals surface area contributed by atoms with Crippen LogP contribution in [0.5, 0.6) is 0 Å². The molecule has 1 aliphatic carbocycles. The summed E-state index contributed by atoms with van der Waals surface area (Å²) in [7, 11) is 1.86. The minimum atomic E-state index is -0.100. The number of rotatable bonds is 5. The highest BCUT2D eigenvalue weighted by Crippen LogP contribution is 2.34. The van der Waals surface area contributed by atoms with Crippen LogP contribution in [-0.4, -0.2) is 32.2 Å². The lowest BCUT2D eigenvalue weighted by Gasteiger charge is -2.19. The number of anilines is 1. The Morgan fingerprint density at radius 2 is 2.00 bits per heavy atom. The molecule has 0 radical (unpaired) electrons. The number of carbonyl (C=O) groups excluding carboxylic acids is 1. The third-order valence-electron chi connectivity index (χ3n) is 5.89. The van der Waals surface area contributed by atoms with Crippen LogP contribution in [0.15, 0.2) is 49.1 Å². The standard InChI is InChI=1S/C25H25N5OS/c1-4-14-30(25-27-19-12-8-9-13-21(19)32-25)24(31)18-15-20(17-10-6-5-7-11-17)26-23-22(18)16(2)28-29(23)3/h4-7,10-11,15H,1,8-9,12-14H2,2-3H3. The number of thiazole rings is 1. The summed E-state index contributed by atoms with van der Waals surface area (Å²) in [6.07, 6.45) is 6.13. The predicted molar refractivity (Wildman–Crippen MR) is 129 cm³/mol. The maximum atomic E-state index is 14.0. The minimum absolute atomic E-state index is 0.100. The highest BCUT2D eigenvalue weighted by molar-refractivity contribution is 7.16. The molecule has 6 nitrogen and oxygen atoms in total. The second-order valence-electron chi connectivity index (χ2n) is 8.11. The van der Waals surface area contributed by atoms with Crippen LogP contribution in [0.25, 0.3) is 22.3 Å². The second-order valence-corrected chi connectivity index (χ2v) is 9.17. The Labute approximate surface area is 191 Å². The van der Waals surface area contributed by atoms with Crippen molar-refractivity contribution in [1.29, 1.82) is 0 Å². The molecule has 1 aliphatic rings. The van der Waals surface area contributed by atoms with E-state index in [4.69, 9.17) is 9.97 Å². The Bertz CT molecular complexity index is 1300. The van der Waals surface area contributed by atoms with Gasteiger partial charge in [-0.3, -0.25) is 14.4 Å². The van der Waals surface area contributed by atoms with Gasteiger partial charge in [-0.05, 0) is 38.7 Å². The van der Waals surface area contributed by atoms with Gasteiger partial charge in [0.2, 0.25) is 0 Å². The van der Waals surface area contributed by atoms with Gasteiger partial charge in [0.25, 0.3) is 5.91 Å². The maximum Gasteiger partial charge on any atom is 0.261 e. The quantitative estimate of drug-likeness (QED) is 0.402. The van der Waals surface area contributed by atoms with Gasteiger partial charge in [0.1, 0.15) is 0 Å². The van der Waals surface area contributed by atoms with Gasteiger partial charge < -0.3 is 0 Å². The molecule has 1 aromatic carbocycles. The largest absolute Gasteiger partial charge is 0.280 e. The fourth-order valence-corrected chi connectivity index (χ4v) is 5.50. The van der Waals surface area contributed by atoms with Gasteiger partial charge in [0.05, 0.1) is 28.0 Å². The number of aromatic nitrogens is 4. The molecule has 1 amide bonds. The van der Waals surface area contributed by atoms with Crippen molar-refractivity contribution in [2.45, 2.75) is 32.6 Å². The molecule has 0 N–H and O–H groups in total. The Hall–Kier alpha value is -3.32. The van der Waals surface area contributed by atoms with E-state index in [0.29, 0.717) is 17.8 Å². The number of nitrogens with zero attached hydrogens (tertiary/aromatic N) is 5. The van der Waals surface area contributed by atoms with Crippen molar-refractivity contribution in [2.75, 3.05) is 11.4 Å². The van der Waals surface area contributed by atoms with Crippen LogP contribution in [-0.2, 0) is 19.9 Å². The summed E-state index contributed by atoms with van der Waals surface area (Å²) in [6.45, 7) is 6.20.